The van der Waals surface area contributed by atoms with Crippen molar-refractivity contribution in [3.8, 4) is 0 Å². The fourth-order valence-electron chi connectivity index (χ4n) is 4.87. The average Bonchev–Trinajstić information content (AvgIpc) is 2.96. The molecule has 0 fully saturated rings. The van der Waals surface area contributed by atoms with E-state index in [1.165, 1.54) is 0 Å². The van der Waals surface area contributed by atoms with Gasteiger partial charge in [-0.3, -0.25) is 4.79 Å². The van der Waals surface area contributed by atoms with Crippen LogP contribution in [0.1, 0.15) is 15.9 Å². The highest BCUT2D eigenvalue weighted by atomic mass is 16.1. The van der Waals surface area contributed by atoms with Crippen LogP contribution < -0.4 is 4.90 Å². The molecule has 0 aliphatic heterocycles. The summed E-state index contributed by atoms with van der Waals surface area (Å²) in [5.74, 6) is 0.00674. The number of carbonyl (C=O) groups is 1. The zero-order valence-corrected chi connectivity index (χ0v) is 20.3. The number of allylic oxidation sites excluding steroid dienone is 1. The van der Waals surface area contributed by atoms with Gasteiger partial charge in [0.25, 0.3) is 0 Å². The maximum atomic E-state index is 13.5. The van der Waals surface area contributed by atoms with Crippen LogP contribution in [-0.2, 0) is 0 Å². The van der Waals surface area contributed by atoms with Crippen molar-refractivity contribution in [3.05, 3.63) is 157 Å². The van der Waals surface area contributed by atoms with Crippen LogP contribution in [-0.4, -0.2) is 5.78 Å². The highest BCUT2D eigenvalue weighted by Crippen LogP contribution is 2.34. The Balaban J connectivity index is 1.33. The molecule has 6 aromatic rings. The van der Waals surface area contributed by atoms with Gasteiger partial charge in [-0.25, -0.2) is 0 Å². The predicted octanol–water partition coefficient (Wildman–Crippen LogP) is 9.36. The molecule has 0 unspecified atom stereocenters. The lowest BCUT2D eigenvalue weighted by Crippen LogP contribution is -2.09. The molecule has 0 heterocycles. The molecule has 0 radical (unpaired) electrons. The quantitative estimate of drug-likeness (QED) is 0.136. The van der Waals surface area contributed by atoms with Crippen LogP contribution in [0, 0.1) is 0 Å². The number of hydrogen-bond donors (Lipinski definition) is 0. The van der Waals surface area contributed by atoms with Crippen LogP contribution >= 0.6 is 0 Å². The summed E-state index contributed by atoms with van der Waals surface area (Å²) >= 11 is 0. The third-order valence-corrected chi connectivity index (χ3v) is 6.62. The van der Waals surface area contributed by atoms with E-state index in [0.29, 0.717) is 0 Å². The van der Waals surface area contributed by atoms with Gasteiger partial charge in [0, 0.05) is 22.6 Å². The summed E-state index contributed by atoms with van der Waals surface area (Å²) in [7, 11) is 0. The van der Waals surface area contributed by atoms with Gasteiger partial charge in [0.2, 0.25) is 0 Å². The highest BCUT2D eigenvalue weighted by molar-refractivity contribution is 6.23. The number of ketones is 1. The Morgan fingerprint density at radius 2 is 0.973 bits per heavy atom. The number of carbonyl (C=O) groups excluding carboxylic acids is 1. The summed E-state index contributed by atoms with van der Waals surface area (Å²) in [4.78, 5) is 15.7. The van der Waals surface area contributed by atoms with Crippen molar-refractivity contribution in [1.29, 1.82) is 0 Å². The molecule has 0 bridgehead atoms. The number of benzene rings is 6. The van der Waals surface area contributed by atoms with E-state index in [2.05, 4.69) is 71.6 Å². The fraction of sp³-hybridized carbons (Fsp3) is 0. The Hall–Kier alpha value is -4.95. The van der Waals surface area contributed by atoms with Gasteiger partial charge in [0.15, 0.2) is 5.78 Å². The van der Waals surface area contributed by atoms with E-state index in [9.17, 15) is 4.79 Å². The van der Waals surface area contributed by atoms with Gasteiger partial charge in [0.05, 0.1) is 0 Å². The third-order valence-electron chi connectivity index (χ3n) is 6.62. The van der Waals surface area contributed by atoms with Crippen molar-refractivity contribution in [2.45, 2.75) is 0 Å². The largest absolute Gasteiger partial charge is 0.311 e. The van der Waals surface area contributed by atoms with Crippen molar-refractivity contribution < 1.29 is 4.79 Å². The minimum atomic E-state index is 0.00674. The first-order valence-electron chi connectivity index (χ1n) is 12.4. The molecule has 0 N–H and O–H groups in total. The molecule has 0 amide bonds. The topological polar surface area (TPSA) is 20.3 Å². The lowest BCUT2D eigenvalue weighted by Gasteiger charge is -2.25. The fourth-order valence-corrected chi connectivity index (χ4v) is 4.87. The lowest BCUT2D eigenvalue weighted by atomic mass is 9.94. The molecule has 0 saturated heterocycles. The van der Waals surface area contributed by atoms with E-state index < -0.39 is 0 Å². The number of para-hydroxylation sites is 2. The predicted molar refractivity (Wildman–Crippen MR) is 156 cm³/mol. The molecule has 6 rings (SSSR count). The first-order chi connectivity index (χ1) is 18.3. The minimum absolute atomic E-state index is 0.00674. The Morgan fingerprint density at radius 3 is 1.51 bits per heavy atom. The smallest absolute Gasteiger partial charge is 0.187 e. The number of rotatable bonds is 6. The zero-order chi connectivity index (χ0) is 25.0. The molecule has 6 aromatic carbocycles. The van der Waals surface area contributed by atoms with Crippen molar-refractivity contribution in [2.24, 2.45) is 0 Å². The summed E-state index contributed by atoms with van der Waals surface area (Å²) in [5.41, 5.74) is 4.97. The molecule has 37 heavy (non-hydrogen) atoms. The van der Waals surface area contributed by atoms with Crippen LogP contribution in [0.2, 0.25) is 0 Å². The third kappa shape index (κ3) is 4.53. The average molecular weight is 476 g/mol. The normalized spacial score (nSPS) is 11.2. The standard InChI is InChI=1S/C35H25NO/c37-34(35-32-17-9-7-11-27(32)25-28-12-8-10-18-33(28)35)24-21-26-19-22-31(23-20-26)36(29-13-3-1-4-14-29)30-15-5-2-6-16-30/h1-25H/b24-21+. The zero-order valence-electron chi connectivity index (χ0n) is 20.3. The van der Waals surface area contributed by atoms with Crippen molar-refractivity contribution in [3.63, 3.8) is 0 Å². The van der Waals surface area contributed by atoms with Crippen molar-refractivity contribution >= 4 is 50.5 Å². The molecule has 0 aromatic heterocycles. The molecular weight excluding hydrogens is 450 g/mol. The monoisotopic (exact) mass is 475 g/mol. The molecule has 0 aliphatic carbocycles. The van der Waals surface area contributed by atoms with Gasteiger partial charge in [-0.1, -0.05) is 103 Å². The van der Waals surface area contributed by atoms with Crippen molar-refractivity contribution in [1.82, 2.24) is 0 Å². The van der Waals surface area contributed by atoms with Gasteiger partial charge in [-0.2, -0.15) is 0 Å². The van der Waals surface area contributed by atoms with E-state index in [0.717, 1.165) is 49.7 Å². The molecule has 0 aliphatic rings. The molecule has 0 spiro atoms. The SMILES string of the molecule is O=C(/C=C/c1ccc(N(c2ccccc2)c2ccccc2)cc1)c1c2ccccc2cc2ccccc12. The van der Waals surface area contributed by atoms with Gasteiger partial charge >= 0.3 is 0 Å². The summed E-state index contributed by atoms with van der Waals surface area (Å²) in [6.07, 6.45) is 3.59. The second-order valence-corrected chi connectivity index (χ2v) is 8.99. The number of nitrogens with zero attached hydrogens (tertiary/aromatic N) is 1. The maximum absolute atomic E-state index is 13.5. The van der Waals surface area contributed by atoms with E-state index in [1.54, 1.807) is 6.08 Å². The first kappa shape index (κ1) is 22.5. The van der Waals surface area contributed by atoms with Crippen LogP contribution in [0.3, 0.4) is 0 Å². The molecule has 176 valence electrons. The summed E-state index contributed by atoms with van der Waals surface area (Å²) in [6, 6.07) is 47.3. The van der Waals surface area contributed by atoms with Gasteiger partial charge in [-0.15, -0.1) is 0 Å². The molecule has 0 saturated carbocycles. The molecular formula is C35H25NO. The Kier molecular flexibility index (Phi) is 6.06. The second-order valence-electron chi connectivity index (χ2n) is 8.99. The summed E-state index contributed by atoms with van der Waals surface area (Å²) in [5, 5.41) is 4.11. The molecule has 2 nitrogen and oxygen atoms in total. The number of hydrogen-bond acceptors (Lipinski definition) is 2. The first-order valence-corrected chi connectivity index (χ1v) is 12.4. The second kappa shape index (κ2) is 9.96. The van der Waals surface area contributed by atoms with E-state index in [4.69, 9.17) is 0 Å². The minimum Gasteiger partial charge on any atom is -0.311 e. The van der Waals surface area contributed by atoms with Gasteiger partial charge in [0.1, 0.15) is 0 Å². The van der Waals surface area contributed by atoms with Crippen LogP contribution in [0.15, 0.2) is 146 Å². The van der Waals surface area contributed by atoms with E-state index >= 15 is 0 Å². The van der Waals surface area contributed by atoms with Crippen molar-refractivity contribution in [2.75, 3.05) is 4.90 Å². The maximum Gasteiger partial charge on any atom is 0.187 e. The van der Waals surface area contributed by atoms with E-state index in [-0.39, 0.29) is 5.78 Å². The van der Waals surface area contributed by atoms with E-state index in [1.807, 2.05) is 78.9 Å². The van der Waals surface area contributed by atoms with Gasteiger partial charge < -0.3 is 4.90 Å². The molecule has 2 heteroatoms. The van der Waals surface area contributed by atoms with Crippen LogP contribution in [0.5, 0.6) is 0 Å². The summed E-state index contributed by atoms with van der Waals surface area (Å²) < 4.78 is 0. The number of fused-ring (bicyclic) bond motifs is 2. The highest BCUT2D eigenvalue weighted by Gasteiger charge is 2.13. The molecule has 0 atom stereocenters. The summed E-state index contributed by atoms with van der Waals surface area (Å²) in [6.45, 7) is 0. The number of anilines is 3. The Labute approximate surface area is 216 Å². The van der Waals surface area contributed by atoms with Crippen LogP contribution in [0.25, 0.3) is 27.6 Å². The van der Waals surface area contributed by atoms with Gasteiger partial charge in [-0.05, 0) is 75.6 Å². The Morgan fingerprint density at radius 1 is 0.514 bits per heavy atom. The Bertz CT molecular complexity index is 1630. The lowest BCUT2D eigenvalue weighted by molar-refractivity contribution is 0.105. The van der Waals surface area contributed by atoms with Crippen LogP contribution in [0.4, 0.5) is 17.1 Å².